The summed E-state index contributed by atoms with van der Waals surface area (Å²) in [6.45, 7) is 2.35. The van der Waals surface area contributed by atoms with E-state index in [9.17, 15) is 14.4 Å². The number of carbonyl (C=O) groups is 3. The number of likely N-dealkylation sites (tertiary alicyclic amines) is 1. The fourth-order valence-electron chi connectivity index (χ4n) is 3.77. The summed E-state index contributed by atoms with van der Waals surface area (Å²) >= 11 is 0. The van der Waals surface area contributed by atoms with E-state index in [2.05, 4.69) is 5.32 Å². The number of methoxy groups -OCH3 is 1. The summed E-state index contributed by atoms with van der Waals surface area (Å²) in [5, 5.41) is 2.88. The lowest BCUT2D eigenvalue weighted by molar-refractivity contribution is -0.122. The Hall–Kier alpha value is -3.35. The Kier molecular flexibility index (Phi) is 4.50. The molecule has 2 aliphatic heterocycles. The van der Waals surface area contributed by atoms with Gasteiger partial charge in [0.25, 0.3) is 11.8 Å². The zero-order valence-electron chi connectivity index (χ0n) is 15.7. The van der Waals surface area contributed by atoms with E-state index >= 15 is 0 Å². The summed E-state index contributed by atoms with van der Waals surface area (Å²) in [4.78, 5) is 41.4. The fraction of sp³-hybridized carbons (Fsp3) is 0.286. The van der Waals surface area contributed by atoms with Gasteiger partial charge in [-0.05, 0) is 49.7 Å². The van der Waals surface area contributed by atoms with E-state index in [-0.39, 0.29) is 17.9 Å². The number of rotatable bonds is 3. The van der Waals surface area contributed by atoms with Crippen LogP contribution in [-0.4, -0.2) is 48.5 Å². The van der Waals surface area contributed by atoms with E-state index in [0.717, 1.165) is 10.5 Å². The van der Waals surface area contributed by atoms with E-state index in [1.807, 2.05) is 19.1 Å². The van der Waals surface area contributed by atoms with Gasteiger partial charge in [-0.1, -0.05) is 17.7 Å². The maximum atomic E-state index is 13.2. The van der Waals surface area contributed by atoms with Gasteiger partial charge in [-0.15, -0.1) is 0 Å². The van der Waals surface area contributed by atoms with Crippen LogP contribution in [0.3, 0.4) is 0 Å². The third kappa shape index (κ3) is 2.98. The molecule has 2 fully saturated rings. The topological polar surface area (TPSA) is 79.0 Å². The number of benzene rings is 2. The van der Waals surface area contributed by atoms with Crippen molar-refractivity contribution >= 4 is 23.5 Å². The maximum absolute atomic E-state index is 13.2. The van der Waals surface area contributed by atoms with Crippen LogP contribution in [0.5, 0.6) is 5.75 Å². The number of imide groups is 1. The molecule has 4 amide bonds. The van der Waals surface area contributed by atoms with Crippen molar-refractivity contribution < 1.29 is 19.1 Å². The Morgan fingerprint density at radius 1 is 1.07 bits per heavy atom. The summed E-state index contributed by atoms with van der Waals surface area (Å²) in [6.07, 6.45) is 0.547. The van der Waals surface area contributed by atoms with Gasteiger partial charge in [0.1, 0.15) is 11.8 Å². The van der Waals surface area contributed by atoms with Crippen LogP contribution in [0.4, 0.5) is 10.5 Å². The molecule has 2 aromatic rings. The molecule has 2 atom stereocenters. The highest BCUT2D eigenvalue weighted by atomic mass is 16.5. The molecule has 0 spiro atoms. The van der Waals surface area contributed by atoms with Crippen molar-refractivity contribution in [2.45, 2.75) is 25.4 Å². The minimum absolute atomic E-state index is 0.233. The lowest BCUT2D eigenvalue weighted by Gasteiger charge is -2.36. The number of urea groups is 1. The predicted octanol–water partition coefficient (Wildman–Crippen LogP) is 2.34. The second kappa shape index (κ2) is 6.99. The molecular formula is C21H21N3O4. The van der Waals surface area contributed by atoms with Gasteiger partial charge in [0.05, 0.1) is 18.8 Å². The standard InChI is InChI=1S/C21H21N3O4/c1-13-3-7-15(8-4-13)24-20(26)18-17(22-21(24)27)11-12-23(18)19(25)14-5-9-16(28-2)10-6-14/h3-10,17-18H,11-12H2,1-2H3,(H,22,27). The SMILES string of the molecule is COc1ccc(C(=O)N2CCC3NC(=O)N(c4ccc(C)cc4)C(=O)C32)cc1. The molecule has 7 heteroatoms. The van der Waals surface area contributed by atoms with Crippen molar-refractivity contribution in [2.75, 3.05) is 18.6 Å². The monoisotopic (exact) mass is 379 g/mol. The van der Waals surface area contributed by atoms with E-state index in [1.165, 1.54) is 0 Å². The third-order valence-electron chi connectivity index (χ3n) is 5.27. The van der Waals surface area contributed by atoms with Crippen LogP contribution < -0.4 is 15.0 Å². The normalized spacial score (nSPS) is 21.4. The van der Waals surface area contributed by atoms with Gasteiger partial charge in [-0.2, -0.15) is 0 Å². The van der Waals surface area contributed by atoms with Gasteiger partial charge in [0, 0.05) is 12.1 Å². The van der Waals surface area contributed by atoms with Crippen LogP contribution in [0.1, 0.15) is 22.3 Å². The number of amides is 4. The van der Waals surface area contributed by atoms with Crippen molar-refractivity contribution in [3.05, 3.63) is 59.7 Å². The smallest absolute Gasteiger partial charge is 0.329 e. The molecule has 2 unspecified atom stereocenters. The molecule has 0 bridgehead atoms. The first-order valence-electron chi connectivity index (χ1n) is 9.16. The minimum atomic E-state index is -0.714. The summed E-state index contributed by atoms with van der Waals surface area (Å²) in [6, 6.07) is 12.4. The molecule has 7 nitrogen and oxygen atoms in total. The molecule has 0 aliphatic carbocycles. The summed E-state index contributed by atoms with van der Waals surface area (Å²) in [7, 11) is 1.56. The average molecular weight is 379 g/mol. The van der Waals surface area contributed by atoms with E-state index < -0.39 is 12.1 Å². The summed E-state index contributed by atoms with van der Waals surface area (Å²) in [5.74, 6) is 0.0443. The van der Waals surface area contributed by atoms with Crippen molar-refractivity contribution in [1.82, 2.24) is 10.2 Å². The summed E-state index contributed by atoms with van der Waals surface area (Å²) in [5.41, 5.74) is 2.01. The second-order valence-corrected chi connectivity index (χ2v) is 7.03. The second-order valence-electron chi connectivity index (χ2n) is 7.03. The number of hydrogen-bond donors (Lipinski definition) is 1. The molecule has 2 aromatic carbocycles. The highest BCUT2D eigenvalue weighted by Gasteiger charge is 2.49. The van der Waals surface area contributed by atoms with Crippen molar-refractivity contribution in [1.29, 1.82) is 0 Å². The van der Waals surface area contributed by atoms with Crippen molar-refractivity contribution in [3.63, 3.8) is 0 Å². The molecular weight excluding hydrogens is 358 g/mol. The molecule has 144 valence electrons. The van der Waals surface area contributed by atoms with Crippen LogP contribution in [0, 0.1) is 6.92 Å². The van der Waals surface area contributed by atoms with Gasteiger partial charge >= 0.3 is 6.03 Å². The molecule has 0 saturated carbocycles. The molecule has 1 N–H and O–H groups in total. The van der Waals surface area contributed by atoms with Crippen LogP contribution in [0.25, 0.3) is 0 Å². The number of aryl methyl sites for hydroxylation is 1. The Bertz CT molecular complexity index is 924. The number of ether oxygens (including phenoxy) is 1. The van der Waals surface area contributed by atoms with Gasteiger partial charge in [0.2, 0.25) is 0 Å². The highest BCUT2D eigenvalue weighted by Crippen LogP contribution is 2.29. The van der Waals surface area contributed by atoms with Gasteiger partial charge in [0.15, 0.2) is 0 Å². The molecule has 2 heterocycles. The number of nitrogens with zero attached hydrogens (tertiary/aromatic N) is 2. The predicted molar refractivity (Wildman–Crippen MR) is 103 cm³/mol. The highest BCUT2D eigenvalue weighted by molar-refractivity contribution is 6.19. The molecule has 0 radical (unpaired) electrons. The van der Waals surface area contributed by atoms with Gasteiger partial charge in [-0.3, -0.25) is 9.59 Å². The third-order valence-corrected chi connectivity index (χ3v) is 5.27. The quantitative estimate of drug-likeness (QED) is 0.888. The number of hydrogen-bond acceptors (Lipinski definition) is 4. The zero-order valence-corrected chi connectivity index (χ0v) is 15.7. The molecule has 4 rings (SSSR count). The zero-order chi connectivity index (χ0) is 19.8. The maximum Gasteiger partial charge on any atom is 0.329 e. The number of nitrogens with one attached hydrogen (secondary N) is 1. The first kappa shape index (κ1) is 18.0. The number of carbonyl (C=O) groups excluding carboxylic acids is 3. The van der Waals surface area contributed by atoms with Crippen LogP contribution in [0.2, 0.25) is 0 Å². The fourth-order valence-corrected chi connectivity index (χ4v) is 3.77. The van der Waals surface area contributed by atoms with Crippen LogP contribution in [0.15, 0.2) is 48.5 Å². The number of anilines is 1. The van der Waals surface area contributed by atoms with Gasteiger partial charge < -0.3 is 15.0 Å². The minimum Gasteiger partial charge on any atom is -0.497 e. The lowest BCUT2D eigenvalue weighted by atomic mass is 10.0. The lowest BCUT2D eigenvalue weighted by Crippen LogP contribution is -2.65. The van der Waals surface area contributed by atoms with Crippen LogP contribution in [-0.2, 0) is 4.79 Å². The number of fused-ring (bicyclic) bond motifs is 1. The Labute approximate surface area is 162 Å². The molecule has 2 aliphatic rings. The molecule has 0 aromatic heterocycles. The Morgan fingerprint density at radius 3 is 2.39 bits per heavy atom. The van der Waals surface area contributed by atoms with E-state index in [1.54, 1.807) is 48.4 Å². The van der Waals surface area contributed by atoms with Gasteiger partial charge in [-0.25, -0.2) is 9.69 Å². The first-order valence-corrected chi connectivity index (χ1v) is 9.16. The largest absolute Gasteiger partial charge is 0.497 e. The van der Waals surface area contributed by atoms with E-state index in [0.29, 0.717) is 30.0 Å². The average Bonchev–Trinajstić information content (AvgIpc) is 3.13. The first-order chi connectivity index (χ1) is 13.5. The summed E-state index contributed by atoms with van der Waals surface area (Å²) < 4.78 is 5.13. The van der Waals surface area contributed by atoms with Crippen molar-refractivity contribution in [3.8, 4) is 5.75 Å². The molecule has 2 saturated heterocycles. The molecule has 28 heavy (non-hydrogen) atoms. The Morgan fingerprint density at radius 2 is 1.75 bits per heavy atom. The van der Waals surface area contributed by atoms with Crippen molar-refractivity contribution in [2.24, 2.45) is 0 Å². The Balaban J connectivity index is 1.62. The van der Waals surface area contributed by atoms with Crippen LogP contribution >= 0.6 is 0 Å². The van der Waals surface area contributed by atoms with E-state index in [4.69, 9.17) is 4.74 Å².